The minimum atomic E-state index is -3.40. The number of primary sulfonamides is 1. The topological polar surface area (TPSA) is 89.3 Å². The van der Waals surface area contributed by atoms with Crippen molar-refractivity contribution in [1.29, 1.82) is 0 Å². The van der Waals surface area contributed by atoms with E-state index in [1.165, 1.54) is 19.3 Å². The van der Waals surface area contributed by atoms with Gasteiger partial charge in [-0.05, 0) is 25.2 Å². The second-order valence-electron chi connectivity index (χ2n) is 4.78. The number of hydrogen-bond acceptors (Lipinski definition) is 3. The Bertz CT molecular complexity index is 335. The Morgan fingerprint density at radius 3 is 2.47 bits per heavy atom. The molecule has 1 fully saturated rings. The van der Waals surface area contributed by atoms with Crippen molar-refractivity contribution in [2.24, 2.45) is 11.1 Å². The summed E-state index contributed by atoms with van der Waals surface area (Å²) in [7, 11) is -3.40. The van der Waals surface area contributed by atoms with Crippen molar-refractivity contribution in [3.63, 3.8) is 0 Å². The first-order valence-corrected chi connectivity index (χ1v) is 7.96. The summed E-state index contributed by atoms with van der Waals surface area (Å²) in [6, 6.07) is 0. The summed E-state index contributed by atoms with van der Waals surface area (Å²) < 4.78 is 21.3. The molecule has 0 aromatic carbocycles. The van der Waals surface area contributed by atoms with E-state index in [1.807, 2.05) is 0 Å². The molecule has 3 N–H and O–H groups in total. The van der Waals surface area contributed by atoms with Gasteiger partial charge in [0.1, 0.15) is 0 Å². The Kier molecular flexibility index (Phi) is 5.91. The monoisotopic (exact) mass is 262 g/mol. The predicted molar refractivity (Wildman–Crippen MR) is 66.8 cm³/mol. The number of carbonyl (C=O) groups is 1. The predicted octanol–water partition coefficient (Wildman–Crippen LogP) is 0.752. The van der Waals surface area contributed by atoms with Crippen molar-refractivity contribution in [2.45, 2.75) is 44.9 Å². The maximum atomic E-state index is 11.5. The molecular weight excluding hydrogens is 240 g/mol. The van der Waals surface area contributed by atoms with Crippen LogP contribution in [0.25, 0.3) is 0 Å². The van der Waals surface area contributed by atoms with Crippen molar-refractivity contribution in [3.8, 4) is 0 Å². The molecule has 0 radical (unpaired) electrons. The fourth-order valence-corrected chi connectivity index (χ4v) is 2.77. The van der Waals surface area contributed by atoms with E-state index in [4.69, 9.17) is 5.14 Å². The SMILES string of the molecule is NS(=O)(=O)CCCNC(=O)CC1CCCCC1. The van der Waals surface area contributed by atoms with Crippen LogP contribution >= 0.6 is 0 Å². The molecule has 1 aliphatic carbocycles. The summed E-state index contributed by atoms with van der Waals surface area (Å²) in [6.07, 6.45) is 6.99. The van der Waals surface area contributed by atoms with Gasteiger partial charge in [-0.3, -0.25) is 4.79 Å². The van der Waals surface area contributed by atoms with Crippen LogP contribution < -0.4 is 10.5 Å². The van der Waals surface area contributed by atoms with Crippen LogP contribution in [0, 0.1) is 5.92 Å². The average Bonchev–Trinajstić information content (AvgIpc) is 2.25. The lowest BCUT2D eigenvalue weighted by Crippen LogP contribution is -2.29. The van der Waals surface area contributed by atoms with Crippen LogP contribution in [0.4, 0.5) is 0 Å². The summed E-state index contributed by atoms with van der Waals surface area (Å²) in [4.78, 5) is 11.5. The summed E-state index contributed by atoms with van der Waals surface area (Å²) in [6.45, 7) is 0.391. The van der Waals surface area contributed by atoms with Crippen molar-refractivity contribution >= 4 is 15.9 Å². The third-order valence-electron chi connectivity index (χ3n) is 3.13. The first-order chi connectivity index (χ1) is 7.97. The van der Waals surface area contributed by atoms with Gasteiger partial charge in [0.25, 0.3) is 0 Å². The fourth-order valence-electron chi connectivity index (χ4n) is 2.23. The van der Waals surface area contributed by atoms with Crippen LogP contribution in [0.1, 0.15) is 44.9 Å². The van der Waals surface area contributed by atoms with Crippen molar-refractivity contribution in [3.05, 3.63) is 0 Å². The van der Waals surface area contributed by atoms with E-state index in [9.17, 15) is 13.2 Å². The van der Waals surface area contributed by atoms with E-state index in [1.54, 1.807) is 0 Å². The van der Waals surface area contributed by atoms with Crippen LogP contribution in [-0.4, -0.2) is 26.6 Å². The summed E-state index contributed by atoms with van der Waals surface area (Å²) in [5.74, 6) is 0.477. The molecule has 0 unspecified atom stereocenters. The Balaban J connectivity index is 2.08. The van der Waals surface area contributed by atoms with E-state index in [0.717, 1.165) is 12.8 Å². The van der Waals surface area contributed by atoms with Gasteiger partial charge in [0.15, 0.2) is 0 Å². The van der Waals surface area contributed by atoms with E-state index in [2.05, 4.69) is 5.32 Å². The van der Waals surface area contributed by atoms with Gasteiger partial charge in [0, 0.05) is 13.0 Å². The lowest BCUT2D eigenvalue weighted by molar-refractivity contribution is -0.122. The number of carbonyl (C=O) groups excluding carboxylic acids is 1. The van der Waals surface area contributed by atoms with E-state index < -0.39 is 10.0 Å². The van der Waals surface area contributed by atoms with E-state index in [0.29, 0.717) is 25.3 Å². The number of rotatable bonds is 6. The highest BCUT2D eigenvalue weighted by molar-refractivity contribution is 7.89. The quantitative estimate of drug-likeness (QED) is 0.692. The van der Waals surface area contributed by atoms with Crippen molar-refractivity contribution in [2.75, 3.05) is 12.3 Å². The fraction of sp³-hybridized carbons (Fsp3) is 0.909. The van der Waals surface area contributed by atoms with Gasteiger partial charge in [0.05, 0.1) is 5.75 Å². The van der Waals surface area contributed by atoms with Gasteiger partial charge in [-0.25, -0.2) is 13.6 Å². The zero-order valence-electron chi connectivity index (χ0n) is 10.2. The van der Waals surface area contributed by atoms with Crippen LogP contribution in [0.3, 0.4) is 0 Å². The maximum Gasteiger partial charge on any atom is 0.220 e. The molecule has 0 spiro atoms. The van der Waals surface area contributed by atoms with Gasteiger partial charge >= 0.3 is 0 Å². The first kappa shape index (κ1) is 14.4. The molecular formula is C11H22N2O3S. The molecule has 0 aromatic heterocycles. The number of sulfonamides is 1. The molecule has 0 atom stereocenters. The number of hydrogen-bond donors (Lipinski definition) is 2. The highest BCUT2D eigenvalue weighted by Crippen LogP contribution is 2.25. The zero-order valence-corrected chi connectivity index (χ0v) is 11.0. The smallest absolute Gasteiger partial charge is 0.220 e. The summed E-state index contributed by atoms with van der Waals surface area (Å²) >= 11 is 0. The molecule has 0 aliphatic heterocycles. The molecule has 0 saturated heterocycles. The Labute approximate surface area is 103 Å². The number of amides is 1. The van der Waals surface area contributed by atoms with Crippen LogP contribution in [0.5, 0.6) is 0 Å². The normalized spacial score (nSPS) is 17.9. The van der Waals surface area contributed by atoms with Gasteiger partial charge in [0.2, 0.25) is 15.9 Å². The minimum Gasteiger partial charge on any atom is -0.356 e. The number of nitrogens with one attached hydrogen (secondary N) is 1. The van der Waals surface area contributed by atoms with E-state index >= 15 is 0 Å². The molecule has 1 saturated carbocycles. The number of nitrogens with two attached hydrogens (primary N) is 1. The Hall–Kier alpha value is -0.620. The Morgan fingerprint density at radius 1 is 1.24 bits per heavy atom. The summed E-state index contributed by atoms with van der Waals surface area (Å²) in [5, 5.41) is 7.60. The van der Waals surface area contributed by atoms with Gasteiger partial charge in [-0.1, -0.05) is 19.3 Å². The largest absolute Gasteiger partial charge is 0.356 e. The molecule has 0 heterocycles. The third-order valence-corrected chi connectivity index (χ3v) is 3.98. The van der Waals surface area contributed by atoms with Crippen LogP contribution in [-0.2, 0) is 14.8 Å². The minimum absolute atomic E-state index is 0.0336. The second kappa shape index (κ2) is 6.96. The first-order valence-electron chi connectivity index (χ1n) is 6.24. The molecule has 5 nitrogen and oxygen atoms in total. The molecule has 1 aliphatic rings. The van der Waals surface area contributed by atoms with Crippen molar-refractivity contribution < 1.29 is 13.2 Å². The van der Waals surface area contributed by atoms with Gasteiger partial charge in [-0.15, -0.1) is 0 Å². The molecule has 100 valence electrons. The third kappa shape index (κ3) is 7.33. The molecule has 6 heteroatoms. The second-order valence-corrected chi connectivity index (χ2v) is 6.51. The summed E-state index contributed by atoms with van der Waals surface area (Å²) in [5.41, 5.74) is 0. The van der Waals surface area contributed by atoms with Crippen LogP contribution in [0.15, 0.2) is 0 Å². The van der Waals surface area contributed by atoms with E-state index in [-0.39, 0.29) is 11.7 Å². The molecule has 1 rings (SSSR count). The molecule has 0 bridgehead atoms. The average molecular weight is 262 g/mol. The highest BCUT2D eigenvalue weighted by atomic mass is 32.2. The molecule has 17 heavy (non-hydrogen) atoms. The zero-order chi connectivity index (χ0) is 12.7. The van der Waals surface area contributed by atoms with Crippen molar-refractivity contribution in [1.82, 2.24) is 5.32 Å². The van der Waals surface area contributed by atoms with Crippen LogP contribution in [0.2, 0.25) is 0 Å². The molecule has 0 aromatic rings. The highest BCUT2D eigenvalue weighted by Gasteiger charge is 2.16. The lowest BCUT2D eigenvalue weighted by atomic mass is 9.87. The van der Waals surface area contributed by atoms with Gasteiger partial charge in [-0.2, -0.15) is 0 Å². The molecule has 1 amide bonds. The lowest BCUT2D eigenvalue weighted by Gasteiger charge is -2.20. The van der Waals surface area contributed by atoms with Gasteiger partial charge < -0.3 is 5.32 Å². The maximum absolute atomic E-state index is 11.5. The Morgan fingerprint density at radius 2 is 1.88 bits per heavy atom. The standard InChI is InChI=1S/C11H22N2O3S/c12-17(15,16)8-4-7-13-11(14)9-10-5-2-1-3-6-10/h10H,1-9H2,(H,13,14)(H2,12,15,16).